The molecule has 0 aromatic rings. The number of hydrogen-bond donors (Lipinski definition) is 2. The zero-order chi connectivity index (χ0) is 13.4. The first kappa shape index (κ1) is 20.3. The highest BCUT2D eigenvalue weighted by Gasteiger charge is 2.13. The fourth-order valence-corrected chi connectivity index (χ4v) is 1.70. The SMILES string of the molecule is CN=C(NCC(CC(C)C)N(C)C)NC(C)C.I. The van der Waals surface area contributed by atoms with Crippen LogP contribution in [-0.4, -0.2) is 50.6 Å². The van der Waals surface area contributed by atoms with Gasteiger partial charge in [0.1, 0.15) is 0 Å². The summed E-state index contributed by atoms with van der Waals surface area (Å²) in [4.78, 5) is 6.49. The van der Waals surface area contributed by atoms with Crippen LogP contribution in [-0.2, 0) is 0 Å². The van der Waals surface area contributed by atoms with Crippen LogP contribution in [0.3, 0.4) is 0 Å². The van der Waals surface area contributed by atoms with Crippen molar-refractivity contribution in [3.8, 4) is 0 Å². The predicted octanol–water partition coefficient (Wildman–Crippen LogP) is 2.15. The second-order valence-electron chi connectivity index (χ2n) is 5.50. The molecule has 4 nitrogen and oxygen atoms in total. The van der Waals surface area contributed by atoms with E-state index in [1.807, 2.05) is 7.05 Å². The summed E-state index contributed by atoms with van der Waals surface area (Å²) in [6, 6.07) is 0.949. The molecule has 0 rings (SSSR count). The molecular weight excluding hydrogens is 339 g/mol. The third kappa shape index (κ3) is 9.94. The maximum absolute atomic E-state index is 4.21. The third-order valence-electron chi connectivity index (χ3n) is 2.63. The highest BCUT2D eigenvalue weighted by Crippen LogP contribution is 2.07. The monoisotopic (exact) mass is 370 g/mol. The number of halogens is 1. The zero-order valence-electron chi connectivity index (χ0n) is 12.9. The molecular formula is C13H31IN4. The number of rotatable bonds is 6. The van der Waals surface area contributed by atoms with Crippen LogP contribution in [0.15, 0.2) is 4.99 Å². The number of hydrogen-bond acceptors (Lipinski definition) is 2. The van der Waals surface area contributed by atoms with E-state index in [4.69, 9.17) is 0 Å². The van der Waals surface area contributed by atoms with Gasteiger partial charge < -0.3 is 15.5 Å². The smallest absolute Gasteiger partial charge is 0.191 e. The lowest BCUT2D eigenvalue weighted by molar-refractivity contribution is 0.254. The Morgan fingerprint density at radius 1 is 1.17 bits per heavy atom. The van der Waals surface area contributed by atoms with E-state index in [1.165, 1.54) is 6.42 Å². The second-order valence-corrected chi connectivity index (χ2v) is 5.50. The largest absolute Gasteiger partial charge is 0.355 e. The highest BCUT2D eigenvalue weighted by molar-refractivity contribution is 14.0. The number of nitrogens with zero attached hydrogens (tertiary/aromatic N) is 2. The summed E-state index contributed by atoms with van der Waals surface area (Å²) in [5.74, 6) is 1.60. The van der Waals surface area contributed by atoms with Crippen molar-refractivity contribution in [2.75, 3.05) is 27.7 Å². The minimum absolute atomic E-state index is 0. The normalized spacial score (nSPS) is 13.8. The van der Waals surface area contributed by atoms with Gasteiger partial charge in [0, 0.05) is 25.7 Å². The van der Waals surface area contributed by atoms with Gasteiger partial charge in [-0.05, 0) is 40.3 Å². The molecule has 0 spiro atoms. The van der Waals surface area contributed by atoms with E-state index >= 15 is 0 Å². The summed E-state index contributed by atoms with van der Waals surface area (Å²) in [6.07, 6.45) is 1.19. The Bertz CT molecular complexity index is 227. The van der Waals surface area contributed by atoms with Crippen molar-refractivity contribution in [3.63, 3.8) is 0 Å². The van der Waals surface area contributed by atoms with Gasteiger partial charge in [-0.2, -0.15) is 0 Å². The van der Waals surface area contributed by atoms with Gasteiger partial charge in [0.05, 0.1) is 0 Å². The van der Waals surface area contributed by atoms with Crippen LogP contribution in [0.5, 0.6) is 0 Å². The minimum Gasteiger partial charge on any atom is -0.355 e. The molecule has 0 amide bonds. The Hall–Kier alpha value is -0.0400. The van der Waals surface area contributed by atoms with Crippen LogP contribution in [0.4, 0.5) is 0 Å². The molecule has 5 heteroatoms. The topological polar surface area (TPSA) is 39.7 Å². The molecule has 0 radical (unpaired) electrons. The summed E-state index contributed by atoms with van der Waals surface area (Å²) in [7, 11) is 6.07. The fourth-order valence-electron chi connectivity index (χ4n) is 1.70. The van der Waals surface area contributed by atoms with Crippen LogP contribution < -0.4 is 10.6 Å². The molecule has 0 aromatic heterocycles. The first-order valence-electron chi connectivity index (χ1n) is 6.50. The quantitative estimate of drug-likeness (QED) is 0.428. The van der Waals surface area contributed by atoms with Crippen molar-refractivity contribution in [2.45, 2.75) is 46.2 Å². The molecule has 18 heavy (non-hydrogen) atoms. The molecule has 0 heterocycles. The minimum atomic E-state index is 0. The van der Waals surface area contributed by atoms with Crippen molar-refractivity contribution < 1.29 is 0 Å². The van der Waals surface area contributed by atoms with Crippen LogP contribution in [0.25, 0.3) is 0 Å². The van der Waals surface area contributed by atoms with E-state index in [2.05, 4.69) is 62.3 Å². The van der Waals surface area contributed by atoms with Crippen molar-refractivity contribution >= 4 is 29.9 Å². The molecule has 2 N–H and O–H groups in total. The van der Waals surface area contributed by atoms with E-state index < -0.39 is 0 Å². The van der Waals surface area contributed by atoms with Gasteiger partial charge in [-0.1, -0.05) is 13.8 Å². The van der Waals surface area contributed by atoms with Crippen molar-refractivity contribution in [1.29, 1.82) is 0 Å². The third-order valence-corrected chi connectivity index (χ3v) is 2.63. The van der Waals surface area contributed by atoms with Gasteiger partial charge in [0.15, 0.2) is 5.96 Å². The lowest BCUT2D eigenvalue weighted by atomic mass is 10.0. The van der Waals surface area contributed by atoms with Gasteiger partial charge in [0.25, 0.3) is 0 Å². The number of guanidine groups is 1. The predicted molar refractivity (Wildman–Crippen MR) is 92.0 cm³/mol. The van der Waals surface area contributed by atoms with E-state index in [1.54, 1.807) is 0 Å². The number of likely N-dealkylation sites (N-methyl/N-ethyl adjacent to an activating group) is 1. The molecule has 1 atom stereocenters. The Morgan fingerprint density at radius 3 is 2.06 bits per heavy atom. The molecule has 0 aromatic carbocycles. The highest BCUT2D eigenvalue weighted by atomic mass is 127. The number of nitrogens with one attached hydrogen (secondary N) is 2. The standard InChI is InChI=1S/C13H30N4.HI/c1-10(2)8-12(17(6)7)9-15-13(14-5)16-11(3)4;/h10-12H,8-9H2,1-7H3,(H2,14,15,16);1H. The molecule has 1 unspecified atom stereocenters. The molecule has 110 valence electrons. The van der Waals surface area contributed by atoms with Gasteiger partial charge in [-0.3, -0.25) is 4.99 Å². The molecule has 0 saturated heterocycles. The lowest BCUT2D eigenvalue weighted by Gasteiger charge is -2.27. The van der Waals surface area contributed by atoms with Gasteiger partial charge in [-0.25, -0.2) is 0 Å². The maximum atomic E-state index is 4.21. The summed E-state index contributed by atoms with van der Waals surface area (Å²) in [6.45, 7) is 9.68. The molecule has 0 aliphatic heterocycles. The Balaban J connectivity index is 0. The Kier molecular flexibility index (Phi) is 12.2. The molecule has 0 aliphatic carbocycles. The second kappa shape index (κ2) is 10.8. The van der Waals surface area contributed by atoms with Gasteiger partial charge >= 0.3 is 0 Å². The summed E-state index contributed by atoms with van der Waals surface area (Å²) >= 11 is 0. The van der Waals surface area contributed by atoms with Crippen LogP contribution >= 0.6 is 24.0 Å². The van der Waals surface area contributed by atoms with Gasteiger partial charge in [0.2, 0.25) is 0 Å². The molecule has 0 fully saturated rings. The maximum Gasteiger partial charge on any atom is 0.191 e. The van der Waals surface area contributed by atoms with Crippen molar-refractivity contribution in [2.24, 2.45) is 10.9 Å². The Labute approximate surface area is 130 Å². The molecule has 0 aliphatic rings. The molecule has 0 saturated carbocycles. The van der Waals surface area contributed by atoms with E-state index in [9.17, 15) is 0 Å². The fraction of sp³-hybridized carbons (Fsp3) is 0.923. The first-order valence-corrected chi connectivity index (χ1v) is 6.50. The number of aliphatic imine (C=N–C) groups is 1. The van der Waals surface area contributed by atoms with Crippen LogP contribution in [0.2, 0.25) is 0 Å². The van der Waals surface area contributed by atoms with Crippen molar-refractivity contribution in [1.82, 2.24) is 15.5 Å². The molecule has 0 bridgehead atoms. The average molecular weight is 370 g/mol. The summed E-state index contributed by atoms with van der Waals surface area (Å²) in [5, 5.41) is 6.68. The first-order chi connectivity index (χ1) is 7.86. The average Bonchev–Trinajstić information content (AvgIpc) is 2.20. The summed E-state index contributed by atoms with van der Waals surface area (Å²) < 4.78 is 0. The van der Waals surface area contributed by atoms with E-state index in [0.29, 0.717) is 18.0 Å². The van der Waals surface area contributed by atoms with E-state index in [0.717, 1.165) is 12.5 Å². The zero-order valence-corrected chi connectivity index (χ0v) is 15.3. The Morgan fingerprint density at radius 2 is 1.72 bits per heavy atom. The lowest BCUT2D eigenvalue weighted by Crippen LogP contribution is -2.47. The van der Waals surface area contributed by atoms with Crippen LogP contribution in [0.1, 0.15) is 34.1 Å². The van der Waals surface area contributed by atoms with Crippen molar-refractivity contribution in [3.05, 3.63) is 0 Å². The van der Waals surface area contributed by atoms with Crippen LogP contribution in [0, 0.1) is 5.92 Å². The summed E-state index contributed by atoms with van der Waals surface area (Å²) in [5.41, 5.74) is 0. The van der Waals surface area contributed by atoms with Gasteiger partial charge in [-0.15, -0.1) is 24.0 Å². The van der Waals surface area contributed by atoms with E-state index in [-0.39, 0.29) is 24.0 Å².